The second-order valence-corrected chi connectivity index (χ2v) is 9.35. The van der Waals surface area contributed by atoms with E-state index >= 15 is 0 Å². The van der Waals surface area contributed by atoms with Crippen molar-refractivity contribution >= 4 is 30.8 Å². The van der Waals surface area contributed by atoms with Crippen molar-refractivity contribution in [1.29, 1.82) is 0 Å². The molecule has 2 radical (unpaired) electrons. The first-order valence-corrected chi connectivity index (χ1v) is 11.7. The quantitative estimate of drug-likeness (QED) is 0.193. The topological polar surface area (TPSA) is 87.6 Å². The predicted molar refractivity (Wildman–Crippen MR) is 105 cm³/mol. The van der Waals surface area contributed by atoms with Crippen LogP contribution in [0.25, 0.3) is 0 Å². The zero-order valence-electron chi connectivity index (χ0n) is 16.8. The van der Waals surface area contributed by atoms with E-state index in [4.69, 9.17) is 26.2 Å². The van der Waals surface area contributed by atoms with Gasteiger partial charge in [0.2, 0.25) is 0 Å². The average Bonchev–Trinajstić information content (AvgIpc) is 2.92. The number of ether oxygens (including phenoxy) is 2. The van der Waals surface area contributed by atoms with E-state index in [-0.39, 0.29) is 41.0 Å². The molecular formula is C15H28BF3N2O6P2. The summed E-state index contributed by atoms with van der Waals surface area (Å²) in [5.74, 6) is -1.25. The number of rotatable bonds is 13. The van der Waals surface area contributed by atoms with Crippen LogP contribution in [-0.4, -0.2) is 63.9 Å². The zero-order valence-corrected chi connectivity index (χ0v) is 18.7. The minimum atomic E-state index is -4.91. The summed E-state index contributed by atoms with van der Waals surface area (Å²) in [6.45, 7) is 7.18. The van der Waals surface area contributed by atoms with Crippen molar-refractivity contribution in [2.24, 2.45) is 4.99 Å². The summed E-state index contributed by atoms with van der Waals surface area (Å²) in [4.78, 5) is 3.66. The van der Waals surface area contributed by atoms with E-state index in [9.17, 15) is 17.7 Å². The van der Waals surface area contributed by atoms with Crippen LogP contribution in [0, 0.1) is 0 Å². The van der Waals surface area contributed by atoms with E-state index in [1.807, 2.05) is 13.8 Å². The van der Waals surface area contributed by atoms with Gasteiger partial charge in [0.1, 0.15) is 7.85 Å². The molecule has 0 aromatic carbocycles. The van der Waals surface area contributed by atoms with Crippen LogP contribution < -0.4 is 5.09 Å². The Kier molecular flexibility index (Phi) is 11.6. The van der Waals surface area contributed by atoms with Gasteiger partial charge in [-0.25, -0.2) is 4.99 Å². The highest BCUT2D eigenvalue weighted by atomic mass is 31.2. The molecule has 2 unspecified atom stereocenters. The molecule has 0 aromatic heterocycles. The van der Waals surface area contributed by atoms with Crippen molar-refractivity contribution in [3.63, 3.8) is 0 Å². The number of aliphatic imine (C=N–C) groups is 1. The highest BCUT2D eigenvalue weighted by molar-refractivity contribution is 7.54. The van der Waals surface area contributed by atoms with Gasteiger partial charge < -0.3 is 23.0 Å². The molecule has 29 heavy (non-hydrogen) atoms. The summed E-state index contributed by atoms with van der Waals surface area (Å²) >= 11 is 0. The molecule has 0 saturated carbocycles. The first-order chi connectivity index (χ1) is 13.5. The molecule has 1 heterocycles. The van der Waals surface area contributed by atoms with Crippen molar-refractivity contribution in [2.45, 2.75) is 76.9 Å². The molecule has 1 saturated heterocycles. The SMILES string of the molecule is [B][C@@H]1O[C@H](CC(N=COC(F)(F)F)P(=O)(OCC)OCC)C[C@@H]1OPNC(C)C. The van der Waals surface area contributed by atoms with E-state index in [0.717, 1.165) is 0 Å². The number of hydrogen-bond donors (Lipinski definition) is 1. The van der Waals surface area contributed by atoms with Crippen molar-refractivity contribution < 1.29 is 40.8 Å². The van der Waals surface area contributed by atoms with E-state index in [0.29, 0.717) is 6.42 Å². The highest BCUT2D eigenvalue weighted by Gasteiger charge is 2.41. The lowest BCUT2D eigenvalue weighted by atomic mass is 9.94. The Morgan fingerprint density at radius 3 is 2.48 bits per heavy atom. The van der Waals surface area contributed by atoms with Gasteiger partial charge in [-0.15, -0.1) is 13.2 Å². The van der Waals surface area contributed by atoms with Gasteiger partial charge >= 0.3 is 14.0 Å². The lowest BCUT2D eigenvalue weighted by Gasteiger charge is -2.25. The Morgan fingerprint density at radius 2 is 1.97 bits per heavy atom. The van der Waals surface area contributed by atoms with Gasteiger partial charge in [0, 0.05) is 24.9 Å². The van der Waals surface area contributed by atoms with Crippen LogP contribution in [0.4, 0.5) is 13.2 Å². The monoisotopic (exact) mass is 462 g/mol. The van der Waals surface area contributed by atoms with Crippen LogP contribution in [-0.2, 0) is 27.6 Å². The van der Waals surface area contributed by atoms with Crippen molar-refractivity contribution in [1.82, 2.24) is 5.09 Å². The molecule has 1 fully saturated rings. The maximum Gasteiger partial charge on any atom is 0.573 e. The minimum absolute atomic E-state index is 0.0122. The van der Waals surface area contributed by atoms with Crippen LogP contribution in [0.2, 0.25) is 0 Å². The Morgan fingerprint density at radius 1 is 1.34 bits per heavy atom. The van der Waals surface area contributed by atoms with Crippen LogP contribution >= 0.6 is 16.6 Å². The largest absolute Gasteiger partial charge is 0.573 e. The molecule has 5 atom stereocenters. The molecule has 1 aliphatic heterocycles. The number of nitrogens with zero attached hydrogens (tertiary/aromatic N) is 1. The lowest BCUT2D eigenvalue weighted by Crippen LogP contribution is -2.24. The smallest absolute Gasteiger partial charge is 0.395 e. The van der Waals surface area contributed by atoms with Gasteiger partial charge in [-0.1, -0.05) is 0 Å². The minimum Gasteiger partial charge on any atom is -0.395 e. The second kappa shape index (κ2) is 12.6. The van der Waals surface area contributed by atoms with Gasteiger partial charge in [-0.2, -0.15) is 0 Å². The van der Waals surface area contributed by atoms with Gasteiger partial charge in [-0.3, -0.25) is 9.65 Å². The van der Waals surface area contributed by atoms with Crippen LogP contribution in [0.3, 0.4) is 0 Å². The summed E-state index contributed by atoms with van der Waals surface area (Å²) in [5, 5.41) is 3.11. The summed E-state index contributed by atoms with van der Waals surface area (Å²) in [7, 11) is 2.09. The fourth-order valence-corrected chi connectivity index (χ4v) is 5.02. The van der Waals surface area contributed by atoms with Crippen molar-refractivity contribution in [2.75, 3.05) is 13.2 Å². The first-order valence-electron chi connectivity index (χ1n) is 9.22. The molecule has 0 aliphatic carbocycles. The van der Waals surface area contributed by atoms with E-state index < -0.39 is 38.0 Å². The summed E-state index contributed by atoms with van der Waals surface area (Å²) < 4.78 is 75.2. The second-order valence-electron chi connectivity index (χ2n) is 6.43. The Labute approximate surface area is 172 Å². The first kappa shape index (κ1) is 26.8. The molecule has 0 amide bonds. The molecule has 8 nitrogen and oxygen atoms in total. The normalized spacial score (nSPS) is 24.9. The number of nitrogens with one attached hydrogen (secondary N) is 1. The Hall–Kier alpha value is -0.215. The maximum atomic E-state index is 13.0. The number of halogens is 3. The molecule has 0 spiro atoms. The molecule has 0 aromatic rings. The third kappa shape index (κ3) is 10.1. The standard InChI is InChI=1S/C15H28BF3N2O6P2/c1-5-24-29(22,25-6-2)13(20-9-23-15(17,18)19)8-11-7-12(14(16)26-11)27-28-21-10(3)4/h9-14,21,28H,5-8H2,1-4H3/t11-,12-,13?,14+/m0/s1. The predicted octanol–water partition coefficient (Wildman–Crippen LogP) is 3.71. The van der Waals surface area contributed by atoms with Crippen LogP contribution in [0.15, 0.2) is 4.99 Å². The molecule has 1 rings (SSSR count). The molecule has 14 heteroatoms. The molecular weight excluding hydrogens is 434 g/mol. The number of alkyl halides is 3. The summed E-state index contributed by atoms with van der Waals surface area (Å²) in [6, 6.07) is -0.491. The Balaban J connectivity index is 2.84. The highest BCUT2D eigenvalue weighted by Crippen LogP contribution is 2.55. The Bertz CT molecular complexity index is 549. The third-order valence-corrected chi connectivity index (χ3v) is 7.07. The van der Waals surface area contributed by atoms with Crippen LogP contribution in [0.5, 0.6) is 0 Å². The molecule has 1 N–H and O–H groups in total. The third-order valence-electron chi connectivity index (χ3n) is 3.65. The van der Waals surface area contributed by atoms with Gasteiger partial charge in [-0.05, 0) is 27.7 Å². The van der Waals surface area contributed by atoms with E-state index in [2.05, 4.69) is 14.8 Å². The summed E-state index contributed by atoms with van der Waals surface area (Å²) in [5.41, 5.74) is 0. The van der Waals surface area contributed by atoms with Crippen molar-refractivity contribution in [3.8, 4) is 0 Å². The van der Waals surface area contributed by atoms with E-state index in [1.54, 1.807) is 13.8 Å². The van der Waals surface area contributed by atoms with Crippen molar-refractivity contribution in [3.05, 3.63) is 0 Å². The fraction of sp³-hybridized carbons (Fsp3) is 0.933. The lowest BCUT2D eigenvalue weighted by molar-refractivity contribution is -0.280. The van der Waals surface area contributed by atoms with Gasteiger partial charge in [0.05, 0.1) is 34.4 Å². The number of hydrogen-bond acceptors (Lipinski definition) is 8. The molecule has 168 valence electrons. The van der Waals surface area contributed by atoms with Gasteiger partial charge in [0.25, 0.3) is 0 Å². The van der Waals surface area contributed by atoms with Crippen LogP contribution in [0.1, 0.15) is 40.5 Å². The average molecular weight is 462 g/mol. The van der Waals surface area contributed by atoms with E-state index in [1.165, 1.54) is 0 Å². The van der Waals surface area contributed by atoms with Gasteiger partial charge in [0.15, 0.2) is 12.2 Å². The maximum absolute atomic E-state index is 13.0. The molecule has 0 bridgehead atoms. The zero-order chi connectivity index (χ0) is 22.1. The fourth-order valence-electron chi connectivity index (χ4n) is 2.49. The molecule has 1 aliphatic rings. The summed E-state index contributed by atoms with van der Waals surface area (Å²) in [6.07, 6.45) is -5.36.